The van der Waals surface area contributed by atoms with Crippen molar-refractivity contribution in [1.29, 1.82) is 0 Å². The highest BCUT2D eigenvalue weighted by molar-refractivity contribution is 7.98. The average Bonchev–Trinajstić information content (AvgIpc) is 2.39. The van der Waals surface area contributed by atoms with Crippen LogP contribution in [0.25, 0.3) is 10.9 Å². The number of thioether (sulfide) groups is 1. The van der Waals surface area contributed by atoms with Gasteiger partial charge in [-0.3, -0.25) is 9.98 Å². The summed E-state index contributed by atoms with van der Waals surface area (Å²) in [6.07, 6.45) is 2.94. The number of rotatable bonds is 1. The van der Waals surface area contributed by atoms with Gasteiger partial charge in [-0.25, -0.2) is 0 Å². The van der Waals surface area contributed by atoms with E-state index < -0.39 is 0 Å². The van der Waals surface area contributed by atoms with E-state index in [1.165, 1.54) is 22.4 Å². The lowest BCUT2D eigenvalue weighted by Crippen LogP contribution is -2.06. The molecule has 1 aliphatic rings. The van der Waals surface area contributed by atoms with E-state index in [1.54, 1.807) is 0 Å². The van der Waals surface area contributed by atoms with Gasteiger partial charge in [-0.2, -0.15) is 11.8 Å². The molecular formula is C14H14N2S. The van der Waals surface area contributed by atoms with E-state index in [4.69, 9.17) is 4.98 Å². The lowest BCUT2D eigenvalue weighted by molar-refractivity contribution is 1.01. The molecular weight excluding hydrogens is 228 g/mol. The Morgan fingerprint density at radius 1 is 1.35 bits per heavy atom. The summed E-state index contributed by atoms with van der Waals surface area (Å²) < 4.78 is 0. The summed E-state index contributed by atoms with van der Waals surface area (Å²) in [5, 5.41) is 1.17. The molecule has 1 aromatic carbocycles. The maximum absolute atomic E-state index is 4.77. The fourth-order valence-corrected chi connectivity index (χ4v) is 3.25. The van der Waals surface area contributed by atoms with Crippen molar-refractivity contribution in [3.05, 3.63) is 35.5 Å². The fraction of sp³-hybridized carbons (Fsp3) is 0.286. The molecule has 3 heteroatoms. The first-order valence-electron chi connectivity index (χ1n) is 5.87. The lowest BCUT2D eigenvalue weighted by atomic mass is 10.1. The van der Waals surface area contributed by atoms with Gasteiger partial charge in [0, 0.05) is 28.6 Å². The average molecular weight is 242 g/mol. The Morgan fingerprint density at radius 3 is 3.12 bits per heavy atom. The van der Waals surface area contributed by atoms with Crippen molar-refractivity contribution >= 4 is 34.6 Å². The molecule has 0 aliphatic carbocycles. The van der Waals surface area contributed by atoms with E-state index in [0.29, 0.717) is 0 Å². The number of aryl methyl sites for hydroxylation is 1. The van der Waals surface area contributed by atoms with Gasteiger partial charge in [-0.05, 0) is 25.2 Å². The number of aliphatic imine (C=N–C) groups is 1. The maximum Gasteiger partial charge on any atom is 0.0778 e. The van der Waals surface area contributed by atoms with Crippen molar-refractivity contribution in [3.63, 3.8) is 0 Å². The molecule has 1 aliphatic heterocycles. The molecule has 0 saturated heterocycles. The smallest absolute Gasteiger partial charge is 0.0778 e. The summed E-state index contributed by atoms with van der Waals surface area (Å²) in [5.41, 5.74) is 4.76. The molecule has 0 spiro atoms. The van der Waals surface area contributed by atoms with Crippen molar-refractivity contribution in [2.45, 2.75) is 19.1 Å². The first-order chi connectivity index (χ1) is 8.40. The Morgan fingerprint density at radius 2 is 2.24 bits per heavy atom. The zero-order valence-corrected chi connectivity index (χ0v) is 10.6. The topological polar surface area (TPSA) is 25.2 Å². The van der Waals surface area contributed by atoms with Crippen molar-refractivity contribution in [3.8, 4) is 0 Å². The number of hydrogen-bond acceptors (Lipinski definition) is 3. The van der Waals surface area contributed by atoms with E-state index in [0.717, 1.165) is 23.4 Å². The Bertz CT molecular complexity index is 590. The summed E-state index contributed by atoms with van der Waals surface area (Å²) in [4.78, 5) is 9.34. The summed E-state index contributed by atoms with van der Waals surface area (Å²) in [6.45, 7) is 1.97. The van der Waals surface area contributed by atoms with Gasteiger partial charge in [0.1, 0.15) is 0 Å². The second-order valence-corrected chi connectivity index (χ2v) is 5.20. The Balaban J connectivity index is 2.36. The molecule has 1 aromatic heterocycles. The van der Waals surface area contributed by atoms with Crippen molar-refractivity contribution < 1.29 is 0 Å². The number of aromatic nitrogens is 1. The van der Waals surface area contributed by atoms with Crippen molar-refractivity contribution in [2.24, 2.45) is 4.99 Å². The Labute approximate surface area is 105 Å². The van der Waals surface area contributed by atoms with Crippen LogP contribution in [0, 0.1) is 0 Å². The number of benzene rings is 1. The van der Waals surface area contributed by atoms with Crippen LogP contribution in [0.15, 0.2) is 29.3 Å². The van der Waals surface area contributed by atoms with E-state index in [-0.39, 0.29) is 0 Å². The SMILES string of the molecule is CC=Nc1c2c(nc3ccccc13)CCSC2. The van der Waals surface area contributed by atoms with E-state index >= 15 is 0 Å². The summed E-state index contributed by atoms with van der Waals surface area (Å²) >= 11 is 1.97. The zero-order chi connectivity index (χ0) is 11.7. The van der Waals surface area contributed by atoms with Crippen LogP contribution in [0.1, 0.15) is 18.2 Å². The predicted octanol–water partition coefficient (Wildman–Crippen LogP) is 3.75. The molecule has 2 nitrogen and oxygen atoms in total. The molecule has 0 amide bonds. The van der Waals surface area contributed by atoms with Crippen LogP contribution in [-0.2, 0) is 12.2 Å². The monoisotopic (exact) mass is 242 g/mol. The molecule has 0 saturated carbocycles. The molecule has 3 rings (SSSR count). The van der Waals surface area contributed by atoms with E-state index in [9.17, 15) is 0 Å². The second kappa shape index (κ2) is 4.49. The van der Waals surface area contributed by atoms with Gasteiger partial charge >= 0.3 is 0 Å². The van der Waals surface area contributed by atoms with Crippen LogP contribution >= 0.6 is 11.8 Å². The molecule has 17 heavy (non-hydrogen) atoms. The van der Waals surface area contributed by atoms with Gasteiger partial charge in [-0.1, -0.05) is 18.2 Å². The maximum atomic E-state index is 4.77. The standard InChI is InChI=1S/C14H14N2S/c1-2-15-14-10-5-3-4-6-12(10)16-13-7-8-17-9-11(13)14/h2-6H,7-9H2,1H3. The Hall–Kier alpha value is -1.35. The third-order valence-corrected chi connectivity index (χ3v) is 4.02. The van der Waals surface area contributed by atoms with Crippen molar-refractivity contribution in [2.75, 3.05) is 5.75 Å². The summed E-state index contributed by atoms with van der Waals surface area (Å²) in [6, 6.07) is 8.29. The first-order valence-corrected chi connectivity index (χ1v) is 7.02. The highest BCUT2D eigenvalue weighted by Gasteiger charge is 2.17. The third kappa shape index (κ3) is 1.84. The fourth-order valence-electron chi connectivity index (χ4n) is 2.26. The molecule has 2 aromatic rings. The van der Waals surface area contributed by atoms with Crippen LogP contribution in [0.3, 0.4) is 0 Å². The van der Waals surface area contributed by atoms with Crippen LogP contribution in [0.2, 0.25) is 0 Å². The van der Waals surface area contributed by atoms with E-state index in [1.807, 2.05) is 31.0 Å². The number of pyridine rings is 1. The van der Waals surface area contributed by atoms with Gasteiger partial charge in [0.25, 0.3) is 0 Å². The normalized spacial score (nSPS) is 15.4. The number of nitrogens with zero attached hydrogens (tertiary/aromatic N) is 2. The van der Waals surface area contributed by atoms with Crippen LogP contribution in [0.4, 0.5) is 5.69 Å². The van der Waals surface area contributed by atoms with Crippen LogP contribution < -0.4 is 0 Å². The van der Waals surface area contributed by atoms with Crippen LogP contribution in [0.5, 0.6) is 0 Å². The van der Waals surface area contributed by atoms with Gasteiger partial charge in [0.05, 0.1) is 11.2 Å². The first kappa shape index (κ1) is 10.8. The quantitative estimate of drug-likeness (QED) is 0.712. The van der Waals surface area contributed by atoms with Gasteiger partial charge in [0.15, 0.2) is 0 Å². The van der Waals surface area contributed by atoms with Gasteiger partial charge < -0.3 is 0 Å². The minimum Gasteiger partial charge on any atom is -0.260 e. The van der Waals surface area contributed by atoms with E-state index in [2.05, 4.69) is 23.2 Å². The van der Waals surface area contributed by atoms with Gasteiger partial charge in [0.2, 0.25) is 0 Å². The zero-order valence-electron chi connectivity index (χ0n) is 9.81. The largest absolute Gasteiger partial charge is 0.260 e. The molecule has 0 radical (unpaired) electrons. The molecule has 0 bridgehead atoms. The molecule has 2 heterocycles. The Kier molecular flexibility index (Phi) is 2.85. The predicted molar refractivity (Wildman–Crippen MR) is 75.4 cm³/mol. The lowest BCUT2D eigenvalue weighted by Gasteiger charge is -2.18. The highest BCUT2D eigenvalue weighted by atomic mass is 32.2. The molecule has 0 fully saturated rings. The molecule has 0 unspecified atom stereocenters. The molecule has 0 atom stereocenters. The highest BCUT2D eigenvalue weighted by Crippen LogP contribution is 2.36. The molecule has 86 valence electrons. The third-order valence-electron chi connectivity index (χ3n) is 3.04. The van der Waals surface area contributed by atoms with Crippen LogP contribution in [-0.4, -0.2) is 17.0 Å². The number of hydrogen-bond donors (Lipinski definition) is 0. The number of para-hydroxylation sites is 1. The minimum absolute atomic E-state index is 1.04. The second-order valence-electron chi connectivity index (χ2n) is 4.09. The summed E-state index contributed by atoms with van der Waals surface area (Å²) in [5.74, 6) is 2.22. The molecule has 0 N–H and O–H groups in total. The van der Waals surface area contributed by atoms with Crippen molar-refractivity contribution in [1.82, 2.24) is 4.98 Å². The number of fused-ring (bicyclic) bond motifs is 2. The minimum atomic E-state index is 1.04. The van der Waals surface area contributed by atoms with Gasteiger partial charge in [-0.15, -0.1) is 0 Å². The summed E-state index contributed by atoms with van der Waals surface area (Å²) in [7, 11) is 0.